The molecule has 0 bridgehead atoms. The average molecular weight is 354 g/mol. The van der Waals surface area contributed by atoms with Crippen molar-refractivity contribution >= 4 is 18.1 Å². The molecule has 0 fully saturated rings. The Balaban J connectivity index is 0.000000970. The highest BCUT2D eigenvalue weighted by molar-refractivity contribution is 5.74. The predicted octanol–water partition coefficient (Wildman–Crippen LogP) is 1.71. The van der Waals surface area contributed by atoms with Crippen molar-refractivity contribution in [2.24, 2.45) is 11.8 Å². The van der Waals surface area contributed by atoms with E-state index in [2.05, 4.69) is 0 Å². The minimum atomic E-state index is -0.524. The molecule has 1 aliphatic rings. The third kappa shape index (κ3) is 5.12. The normalized spacial score (nSPS) is 19.0. The van der Waals surface area contributed by atoms with E-state index in [0.29, 0.717) is 11.3 Å². The van der Waals surface area contributed by atoms with Gasteiger partial charge < -0.3 is 14.2 Å². The Labute approximate surface area is 144 Å². The van der Waals surface area contributed by atoms with Gasteiger partial charge in [0.2, 0.25) is 0 Å². The van der Waals surface area contributed by atoms with Crippen LogP contribution in [-0.2, 0) is 28.7 Å². The number of benzene rings is 1. The zero-order valence-electron chi connectivity index (χ0n) is 14.1. The molecule has 3 atom stereocenters. The van der Waals surface area contributed by atoms with Crippen molar-refractivity contribution in [2.45, 2.75) is 19.3 Å². The number of hydrogen-bond acceptors (Lipinski definition) is 7. The van der Waals surface area contributed by atoms with E-state index in [9.17, 15) is 14.0 Å². The zero-order valence-corrected chi connectivity index (χ0v) is 14.1. The van der Waals surface area contributed by atoms with Crippen molar-refractivity contribution in [3.05, 3.63) is 29.6 Å². The SMILES string of the molecule is COC(=O)CC1COc2ccc(F)cc2C1C(C)C(=O)OC.O=C=O. The number of halogens is 1. The van der Waals surface area contributed by atoms with Crippen molar-refractivity contribution < 1.29 is 37.8 Å². The Bertz CT molecular complexity index is 652. The largest absolute Gasteiger partial charge is 0.493 e. The third-order valence-electron chi connectivity index (χ3n) is 4.06. The van der Waals surface area contributed by atoms with E-state index in [-0.39, 0.29) is 31.0 Å². The minimum Gasteiger partial charge on any atom is -0.493 e. The van der Waals surface area contributed by atoms with Crippen molar-refractivity contribution in [3.63, 3.8) is 0 Å². The third-order valence-corrected chi connectivity index (χ3v) is 4.06. The summed E-state index contributed by atoms with van der Waals surface area (Å²) in [6.45, 7) is 1.97. The summed E-state index contributed by atoms with van der Waals surface area (Å²) in [6.07, 6.45) is 0.346. The highest BCUT2D eigenvalue weighted by Crippen LogP contribution is 2.43. The molecule has 0 N–H and O–H groups in total. The predicted molar refractivity (Wildman–Crippen MR) is 80.9 cm³/mol. The van der Waals surface area contributed by atoms with E-state index in [1.165, 1.54) is 32.4 Å². The lowest BCUT2D eigenvalue weighted by Gasteiger charge is -2.35. The first-order chi connectivity index (χ1) is 11.9. The van der Waals surface area contributed by atoms with Gasteiger partial charge in [-0.1, -0.05) is 6.92 Å². The van der Waals surface area contributed by atoms with E-state index >= 15 is 0 Å². The van der Waals surface area contributed by atoms with Gasteiger partial charge in [-0.25, -0.2) is 4.39 Å². The van der Waals surface area contributed by atoms with Crippen LogP contribution in [-0.4, -0.2) is 38.9 Å². The van der Waals surface area contributed by atoms with Gasteiger partial charge in [0.1, 0.15) is 11.6 Å². The second-order valence-corrected chi connectivity index (χ2v) is 5.45. The van der Waals surface area contributed by atoms with Crippen LogP contribution in [0.25, 0.3) is 0 Å². The number of carbonyl (C=O) groups excluding carboxylic acids is 4. The van der Waals surface area contributed by atoms with Crippen LogP contribution in [0.3, 0.4) is 0 Å². The Kier molecular flexibility index (Phi) is 7.75. The Morgan fingerprint density at radius 1 is 1.32 bits per heavy atom. The molecule has 0 radical (unpaired) electrons. The smallest absolute Gasteiger partial charge is 0.373 e. The second kappa shape index (κ2) is 9.54. The van der Waals surface area contributed by atoms with Crippen LogP contribution < -0.4 is 4.74 Å². The molecule has 1 heterocycles. The molecule has 0 spiro atoms. The maximum atomic E-state index is 13.6. The molecular formula is C17H19FO7. The maximum absolute atomic E-state index is 13.6. The summed E-state index contributed by atoms with van der Waals surface area (Å²) in [5.41, 5.74) is 0.582. The molecule has 0 aliphatic carbocycles. The van der Waals surface area contributed by atoms with Crippen LogP contribution in [0.5, 0.6) is 5.75 Å². The number of ether oxygens (including phenoxy) is 3. The van der Waals surface area contributed by atoms with Crippen LogP contribution in [0.2, 0.25) is 0 Å². The molecule has 0 saturated carbocycles. The molecule has 0 aromatic heterocycles. The van der Waals surface area contributed by atoms with Gasteiger partial charge in [-0.3, -0.25) is 9.59 Å². The molecule has 1 aromatic rings. The summed E-state index contributed by atoms with van der Waals surface area (Å²) in [5.74, 6) is -1.86. The molecule has 0 amide bonds. The van der Waals surface area contributed by atoms with E-state index in [4.69, 9.17) is 23.8 Å². The Hall–Kier alpha value is -2.73. The van der Waals surface area contributed by atoms with Gasteiger partial charge >= 0.3 is 18.1 Å². The van der Waals surface area contributed by atoms with Crippen LogP contribution in [0.1, 0.15) is 24.8 Å². The Morgan fingerprint density at radius 2 is 1.96 bits per heavy atom. The number of hydrogen-bond donors (Lipinski definition) is 0. The topological polar surface area (TPSA) is 96.0 Å². The molecule has 136 valence electrons. The molecule has 3 unspecified atom stereocenters. The molecule has 1 aromatic carbocycles. The van der Waals surface area contributed by atoms with Crippen molar-refractivity contribution in [2.75, 3.05) is 20.8 Å². The van der Waals surface area contributed by atoms with E-state index in [1.807, 2.05) is 0 Å². The number of carbonyl (C=O) groups is 2. The molecule has 25 heavy (non-hydrogen) atoms. The monoisotopic (exact) mass is 354 g/mol. The molecular weight excluding hydrogens is 335 g/mol. The number of esters is 2. The van der Waals surface area contributed by atoms with Gasteiger partial charge in [0.05, 0.1) is 33.2 Å². The lowest BCUT2D eigenvalue weighted by molar-refractivity contribution is -0.191. The van der Waals surface area contributed by atoms with Gasteiger partial charge in [0.25, 0.3) is 0 Å². The quantitative estimate of drug-likeness (QED) is 0.759. The highest BCUT2D eigenvalue weighted by atomic mass is 19.1. The number of rotatable bonds is 4. The van der Waals surface area contributed by atoms with Crippen molar-refractivity contribution in [1.82, 2.24) is 0 Å². The summed E-state index contributed by atoms with van der Waals surface area (Å²) in [4.78, 5) is 39.8. The average Bonchev–Trinajstić information content (AvgIpc) is 2.60. The fourth-order valence-corrected chi connectivity index (χ4v) is 2.96. The first-order valence-electron chi connectivity index (χ1n) is 7.45. The van der Waals surface area contributed by atoms with Crippen molar-refractivity contribution in [1.29, 1.82) is 0 Å². The molecule has 2 rings (SSSR count). The fourth-order valence-electron chi connectivity index (χ4n) is 2.96. The lowest BCUT2D eigenvalue weighted by atomic mass is 9.74. The lowest BCUT2D eigenvalue weighted by Crippen LogP contribution is -2.35. The van der Waals surface area contributed by atoms with Gasteiger partial charge in [0.15, 0.2) is 0 Å². The van der Waals surface area contributed by atoms with Crippen LogP contribution in [0, 0.1) is 17.7 Å². The van der Waals surface area contributed by atoms with E-state index < -0.39 is 23.7 Å². The van der Waals surface area contributed by atoms with Gasteiger partial charge in [0, 0.05) is 17.4 Å². The summed E-state index contributed by atoms with van der Waals surface area (Å²) in [5, 5.41) is 0. The second-order valence-electron chi connectivity index (χ2n) is 5.45. The molecule has 7 nitrogen and oxygen atoms in total. The number of methoxy groups -OCH3 is 2. The number of fused-ring (bicyclic) bond motifs is 1. The molecule has 1 aliphatic heterocycles. The van der Waals surface area contributed by atoms with Gasteiger partial charge in [-0.15, -0.1) is 0 Å². The van der Waals surface area contributed by atoms with E-state index in [1.54, 1.807) is 6.92 Å². The van der Waals surface area contributed by atoms with Crippen LogP contribution in [0.15, 0.2) is 18.2 Å². The Morgan fingerprint density at radius 3 is 2.52 bits per heavy atom. The summed E-state index contributed by atoms with van der Waals surface area (Å²) in [7, 11) is 2.61. The molecule has 8 heteroatoms. The maximum Gasteiger partial charge on any atom is 0.373 e. The first-order valence-corrected chi connectivity index (χ1v) is 7.45. The van der Waals surface area contributed by atoms with Crippen LogP contribution in [0.4, 0.5) is 4.39 Å². The van der Waals surface area contributed by atoms with Gasteiger partial charge in [-0.05, 0) is 18.2 Å². The van der Waals surface area contributed by atoms with E-state index in [0.717, 1.165) is 0 Å². The first kappa shape index (κ1) is 20.3. The summed E-state index contributed by atoms with van der Waals surface area (Å²) in [6, 6.07) is 4.19. The zero-order chi connectivity index (χ0) is 19.0. The highest BCUT2D eigenvalue weighted by Gasteiger charge is 2.39. The van der Waals surface area contributed by atoms with Gasteiger partial charge in [-0.2, -0.15) is 9.59 Å². The van der Waals surface area contributed by atoms with Crippen LogP contribution >= 0.6 is 0 Å². The summed E-state index contributed by atoms with van der Waals surface area (Å²) < 4.78 is 28.7. The minimum absolute atomic E-state index is 0.0957. The molecule has 0 saturated heterocycles. The summed E-state index contributed by atoms with van der Waals surface area (Å²) >= 11 is 0. The standard InChI is InChI=1S/C16H19FO5.CO2/c1-9(16(19)21-3)15-10(6-14(18)20-2)8-22-13-5-4-11(17)7-12(13)15;2-1-3/h4-5,7,9-10,15H,6,8H2,1-3H3;. The van der Waals surface area contributed by atoms with Crippen molar-refractivity contribution in [3.8, 4) is 5.75 Å². The fraction of sp³-hybridized carbons (Fsp3) is 0.471.